The average Bonchev–Trinajstić information content (AvgIpc) is 3.08. The van der Waals surface area contributed by atoms with Gasteiger partial charge in [-0.1, -0.05) is 11.6 Å². The van der Waals surface area contributed by atoms with Crippen LogP contribution in [0.2, 0.25) is 5.02 Å². The topological polar surface area (TPSA) is 103 Å². The van der Waals surface area contributed by atoms with Crippen LogP contribution in [0.25, 0.3) is 0 Å². The Hall–Kier alpha value is -2.49. The number of hydrogen-bond donors (Lipinski definition) is 2. The molecule has 0 saturated heterocycles. The average molecular weight is 399 g/mol. The van der Waals surface area contributed by atoms with Gasteiger partial charge >= 0.3 is 0 Å². The molecule has 2 N–H and O–H groups in total. The quantitative estimate of drug-likeness (QED) is 0.771. The van der Waals surface area contributed by atoms with E-state index in [-0.39, 0.29) is 11.7 Å². The third kappa shape index (κ3) is 4.01. The summed E-state index contributed by atoms with van der Waals surface area (Å²) in [4.78, 5) is 12.0. The smallest absolute Gasteiger partial charge is 0.241 e. The lowest BCUT2D eigenvalue weighted by Gasteiger charge is -2.11. The minimum Gasteiger partial charge on any atom is -0.495 e. The highest BCUT2D eigenvalue weighted by molar-refractivity contribution is 7.89. The van der Waals surface area contributed by atoms with Crippen molar-refractivity contribution >= 4 is 33.2 Å². The lowest BCUT2D eigenvalue weighted by molar-refractivity contribution is -0.115. The fraction of sp³-hybridized carbons (Fsp3) is 0.188. The van der Waals surface area contributed by atoms with Gasteiger partial charge in [0.1, 0.15) is 5.75 Å². The lowest BCUT2D eigenvalue weighted by atomic mass is 10.3. The third-order valence-corrected chi connectivity index (χ3v) is 5.15. The summed E-state index contributed by atoms with van der Waals surface area (Å²) in [6.07, 6.45) is 0. The number of nitrogens with one attached hydrogen (secondary N) is 2. The van der Waals surface area contributed by atoms with Gasteiger partial charge in [-0.25, -0.2) is 13.1 Å². The summed E-state index contributed by atoms with van der Waals surface area (Å²) >= 11 is 5.89. The molecule has 1 heterocycles. The highest BCUT2D eigenvalue weighted by Gasteiger charge is 2.21. The number of rotatable bonds is 6. The number of halogens is 1. The predicted molar refractivity (Wildman–Crippen MR) is 94.4 cm³/mol. The fourth-order valence-corrected chi connectivity index (χ4v) is 3.43. The van der Waals surface area contributed by atoms with E-state index >= 15 is 0 Å². The largest absolute Gasteiger partial charge is 0.495 e. The first-order valence-electron chi connectivity index (χ1n) is 7.42. The summed E-state index contributed by atoms with van der Waals surface area (Å²) in [6.45, 7) is -0.428. The van der Waals surface area contributed by atoms with Crippen LogP contribution >= 0.6 is 11.6 Å². The Balaban J connectivity index is 1.66. The van der Waals surface area contributed by atoms with Crippen LogP contribution in [0.5, 0.6) is 17.2 Å². The van der Waals surface area contributed by atoms with Gasteiger partial charge in [-0.05, 0) is 30.3 Å². The highest BCUT2D eigenvalue weighted by atomic mass is 35.5. The van der Waals surface area contributed by atoms with Gasteiger partial charge in [-0.15, -0.1) is 0 Å². The first-order valence-corrected chi connectivity index (χ1v) is 9.28. The molecule has 0 unspecified atom stereocenters. The van der Waals surface area contributed by atoms with Gasteiger partial charge < -0.3 is 19.5 Å². The standard InChI is InChI=1S/C16H15ClN2O6S/c1-23-13-4-2-10(17)6-12(13)19-16(20)8-18-26(21,22)11-3-5-14-15(7-11)25-9-24-14/h2-7,18H,8-9H2,1H3,(H,19,20). The Morgan fingerprint density at radius 2 is 1.96 bits per heavy atom. The molecule has 8 nitrogen and oxygen atoms in total. The SMILES string of the molecule is COc1ccc(Cl)cc1NC(=O)CNS(=O)(=O)c1ccc2c(c1)OCO2. The van der Waals surface area contributed by atoms with Crippen LogP contribution in [0.4, 0.5) is 5.69 Å². The Morgan fingerprint density at radius 1 is 1.19 bits per heavy atom. The summed E-state index contributed by atoms with van der Waals surface area (Å²) in [5, 5.41) is 2.95. The zero-order valence-electron chi connectivity index (χ0n) is 13.6. The third-order valence-electron chi connectivity index (χ3n) is 3.51. The Bertz CT molecular complexity index is 948. The first-order chi connectivity index (χ1) is 12.4. The van der Waals surface area contributed by atoms with Gasteiger partial charge in [-0.2, -0.15) is 0 Å². The van der Waals surface area contributed by atoms with E-state index in [2.05, 4.69) is 10.0 Å². The van der Waals surface area contributed by atoms with E-state index in [1.807, 2.05) is 0 Å². The van der Waals surface area contributed by atoms with Crippen LogP contribution in [0.1, 0.15) is 0 Å². The van der Waals surface area contributed by atoms with Gasteiger partial charge in [0.25, 0.3) is 0 Å². The van der Waals surface area contributed by atoms with E-state index in [4.69, 9.17) is 25.8 Å². The number of sulfonamides is 1. The number of carbonyl (C=O) groups is 1. The monoisotopic (exact) mass is 398 g/mol. The number of anilines is 1. The molecule has 10 heteroatoms. The Morgan fingerprint density at radius 3 is 2.73 bits per heavy atom. The van der Waals surface area contributed by atoms with Gasteiger partial charge in [0.15, 0.2) is 11.5 Å². The molecule has 2 aromatic rings. The van der Waals surface area contributed by atoms with Crippen molar-refractivity contribution in [2.45, 2.75) is 4.90 Å². The number of fused-ring (bicyclic) bond motifs is 1. The molecule has 0 atom stereocenters. The Labute approximate surface area is 155 Å². The summed E-state index contributed by atoms with van der Waals surface area (Å²) in [7, 11) is -2.45. The molecule has 0 radical (unpaired) electrons. The molecule has 2 aromatic carbocycles. The van der Waals surface area contributed by atoms with E-state index < -0.39 is 22.5 Å². The van der Waals surface area contributed by atoms with Crippen LogP contribution in [0.15, 0.2) is 41.3 Å². The van der Waals surface area contributed by atoms with Gasteiger partial charge in [0.05, 0.1) is 24.2 Å². The molecular weight excluding hydrogens is 384 g/mol. The van der Waals surface area contributed by atoms with E-state index in [9.17, 15) is 13.2 Å². The molecule has 0 aromatic heterocycles. The maximum atomic E-state index is 12.3. The van der Waals surface area contributed by atoms with Crippen molar-refractivity contribution < 1.29 is 27.4 Å². The van der Waals surface area contributed by atoms with Crippen LogP contribution < -0.4 is 24.2 Å². The number of methoxy groups -OCH3 is 1. The van der Waals surface area contributed by atoms with E-state index in [0.29, 0.717) is 28.0 Å². The zero-order chi connectivity index (χ0) is 18.7. The zero-order valence-corrected chi connectivity index (χ0v) is 15.2. The van der Waals surface area contributed by atoms with E-state index in [1.54, 1.807) is 12.1 Å². The molecule has 1 aliphatic rings. The normalized spacial score (nSPS) is 12.7. The molecule has 1 aliphatic heterocycles. The summed E-state index contributed by atoms with van der Waals surface area (Å²) in [5.74, 6) is 0.631. The summed E-state index contributed by atoms with van der Waals surface area (Å²) in [5.41, 5.74) is 0.340. The van der Waals surface area contributed by atoms with Crippen molar-refractivity contribution in [2.24, 2.45) is 0 Å². The van der Waals surface area contributed by atoms with Gasteiger partial charge in [0.2, 0.25) is 22.7 Å². The van der Waals surface area contributed by atoms with Crippen LogP contribution in [0.3, 0.4) is 0 Å². The fourth-order valence-electron chi connectivity index (χ4n) is 2.26. The van der Waals surface area contributed by atoms with Crippen molar-refractivity contribution in [1.82, 2.24) is 4.72 Å². The second kappa shape index (κ2) is 7.40. The molecule has 1 amide bonds. The number of ether oxygens (including phenoxy) is 3. The molecule has 0 aliphatic carbocycles. The molecule has 0 spiro atoms. The van der Waals surface area contributed by atoms with Crippen molar-refractivity contribution in [1.29, 1.82) is 0 Å². The molecule has 26 heavy (non-hydrogen) atoms. The minimum absolute atomic E-state index is 0.0325. The van der Waals surface area contributed by atoms with Crippen molar-refractivity contribution in [3.05, 3.63) is 41.4 Å². The summed E-state index contributed by atoms with van der Waals surface area (Å²) < 4.78 is 42.3. The van der Waals surface area contributed by atoms with Gasteiger partial charge in [0, 0.05) is 11.1 Å². The first kappa shape index (κ1) is 18.3. The molecule has 138 valence electrons. The molecule has 0 saturated carbocycles. The van der Waals surface area contributed by atoms with Gasteiger partial charge in [-0.3, -0.25) is 4.79 Å². The molecule has 0 bridgehead atoms. The predicted octanol–water partition coefficient (Wildman–Crippen LogP) is 1.99. The molecule has 0 fully saturated rings. The molecular formula is C16H15ClN2O6S. The van der Waals surface area contributed by atoms with Crippen molar-refractivity contribution in [2.75, 3.05) is 25.8 Å². The highest BCUT2D eigenvalue weighted by Crippen LogP contribution is 2.33. The number of carbonyl (C=O) groups excluding carboxylic acids is 1. The van der Waals surface area contributed by atoms with Crippen molar-refractivity contribution in [3.8, 4) is 17.2 Å². The number of amides is 1. The lowest BCUT2D eigenvalue weighted by Crippen LogP contribution is -2.33. The van der Waals surface area contributed by atoms with Crippen molar-refractivity contribution in [3.63, 3.8) is 0 Å². The second-order valence-corrected chi connectivity index (χ2v) is 7.44. The number of benzene rings is 2. The number of hydrogen-bond acceptors (Lipinski definition) is 6. The van der Waals surface area contributed by atoms with Crippen LogP contribution in [-0.2, 0) is 14.8 Å². The van der Waals surface area contributed by atoms with Crippen LogP contribution in [0, 0.1) is 0 Å². The van der Waals surface area contributed by atoms with E-state index in [1.165, 1.54) is 31.4 Å². The Kier molecular flexibility index (Phi) is 5.21. The molecule has 3 rings (SSSR count). The van der Waals surface area contributed by atoms with E-state index in [0.717, 1.165) is 0 Å². The maximum absolute atomic E-state index is 12.3. The summed E-state index contributed by atoms with van der Waals surface area (Å²) in [6, 6.07) is 8.90. The minimum atomic E-state index is -3.90. The maximum Gasteiger partial charge on any atom is 0.241 e. The second-order valence-electron chi connectivity index (χ2n) is 5.23. The van der Waals surface area contributed by atoms with Crippen LogP contribution in [-0.4, -0.2) is 34.8 Å².